The average Bonchev–Trinajstić information content (AvgIpc) is 3.33. The van der Waals surface area contributed by atoms with Gasteiger partial charge in [-0.3, -0.25) is 9.36 Å². The number of nitrogens with one attached hydrogen (secondary N) is 1. The molecule has 0 unspecified atom stereocenters. The summed E-state index contributed by atoms with van der Waals surface area (Å²) in [5.74, 6) is 0.446. The van der Waals surface area contributed by atoms with Gasteiger partial charge in [0, 0.05) is 26.4 Å². The van der Waals surface area contributed by atoms with Crippen molar-refractivity contribution in [2.75, 3.05) is 0 Å². The topological polar surface area (TPSA) is 76.5 Å². The van der Waals surface area contributed by atoms with Gasteiger partial charge in [-0.1, -0.05) is 40.2 Å². The fourth-order valence-corrected chi connectivity index (χ4v) is 3.76. The van der Waals surface area contributed by atoms with E-state index in [0.717, 1.165) is 31.8 Å². The van der Waals surface area contributed by atoms with Crippen LogP contribution in [0.2, 0.25) is 0 Å². The van der Waals surface area contributed by atoms with Crippen LogP contribution in [0.15, 0.2) is 71.2 Å². The highest BCUT2D eigenvalue weighted by atomic mass is 79.9. The third kappa shape index (κ3) is 2.55. The molecule has 6 nitrogen and oxygen atoms in total. The number of carbonyl (C=O) groups is 1. The second-order valence-corrected chi connectivity index (χ2v) is 7.05. The molecule has 27 heavy (non-hydrogen) atoms. The number of para-hydroxylation sites is 1. The summed E-state index contributed by atoms with van der Waals surface area (Å²) in [7, 11) is 0. The number of hydrogen-bond acceptors (Lipinski definition) is 4. The zero-order chi connectivity index (χ0) is 18.4. The lowest BCUT2D eigenvalue weighted by atomic mass is 10.1. The third-order valence-electron chi connectivity index (χ3n) is 4.55. The van der Waals surface area contributed by atoms with Gasteiger partial charge in [0.15, 0.2) is 0 Å². The van der Waals surface area contributed by atoms with Crippen LogP contribution in [0, 0.1) is 0 Å². The summed E-state index contributed by atoms with van der Waals surface area (Å²) in [4.78, 5) is 13.3. The van der Waals surface area contributed by atoms with Crippen molar-refractivity contribution in [3.05, 3.63) is 76.8 Å². The molecule has 0 aliphatic heterocycles. The molecule has 2 heterocycles. The monoisotopic (exact) mass is 417 g/mol. The van der Waals surface area contributed by atoms with Crippen LogP contribution in [-0.2, 0) is 0 Å². The molecule has 0 bridgehead atoms. The van der Waals surface area contributed by atoms with Crippen molar-refractivity contribution < 1.29 is 4.79 Å². The molecule has 7 heteroatoms. The van der Waals surface area contributed by atoms with Crippen LogP contribution in [-0.4, -0.2) is 31.1 Å². The molecule has 1 N–H and O–H groups in total. The van der Waals surface area contributed by atoms with Crippen LogP contribution in [0.1, 0.15) is 10.4 Å². The van der Waals surface area contributed by atoms with E-state index in [2.05, 4.69) is 36.6 Å². The van der Waals surface area contributed by atoms with E-state index in [-0.39, 0.29) is 5.91 Å². The molecule has 0 atom stereocenters. The van der Waals surface area contributed by atoms with E-state index in [1.807, 2.05) is 66.7 Å². The Labute approximate surface area is 161 Å². The third-order valence-corrected chi connectivity index (χ3v) is 5.04. The fraction of sp³-hybridized carbons (Fsp3) is 0. The number of benzene rings is 3. The molecule has 0 aliphatic carbocycles. The van der Waals surface area contributed by atoms with Crippen molar-refractivity contribution in [1.29, 1.82) is 0 Å². The lowest BCUT2D eigenvalue weighted by molar-refractivity contribution is 0.0969. The van der Waals surface area contributed by atoms with Crippen LogP contribution < -0.4 is 0 Å². The first kappa shape index (κ1) is 15.9. The van der Waals surface area contributed by atoms with Crippen molar-refractivity contribution in [3.63, 3.8) is 0 Å². The van der Waals surface area contributed by atoms with Gasteiger partial charge < -0.3 is 0 Å². The molecule has 2 aromatic heterocycles. The summed E-state index contributed by atoms with van der Waals surface area (Å²) in [6, 6.07) is 21.1. The van der Waals surface area contributed by atoms with Gasteiger partial charge in [0.05, 0.1) is 11.0 Å². The van der Waals surface area contributed by atoms with Gasteiger partial charge in [0.25, 0.3) is 5.91 Å². The first-order chi connectivity index (χ1) is 13.2. The summed E-state index contributed by atoms with van der Waals surface area (Å²) in [6.45, 7) is 0. The van der Waals surface area contributed by atoms with Crippen LogP contribution in [0.5, 0.6) is 0 Å². The molecule has 5 rings (SSSR count). The molecule has 0 saturated heterocycles. The molecule has 5 aromatic rings. The van der Waals surface area contributed by atoms with Crippen molar-refractivity contribution in [3.8, 4) is 11.4 Å². The average molecular weight is 418 g/mol. The maximum absolute atomic E-state index is 13.3. The van der Waals surface area contributed by atoms with E-state index in [1.165, 1.54) is 0 Å². The second kappa shape index (κ2) is 6.14. The minimum Gasteiger partial charge on any atom is -0.276 e. The number of carbonyl (C=O) groups excluding carboxylic acids is 1. The van der Waals surface area contributed by atoms with Crippen molar-refractivity contribution >= 4 is 43.6 Å². The van der Waals surface area contributed by atoms with Crippen molar-refractivity contribution in [2.24, 2.45) is 0 Å². The van der Waals surface area contributed by atoms with E-state index in [9.17, 15) is 4.79 Å². The largest absolute Gasteiger partial charge is 0.276 e. The maximum atomic E-state index is 13.3. The SMILES string of the molecule is O=C(c1cccc(Br)c1)n1c2ccccc2c2cc(-c3nn[nH]n3)ccc21. The van der Waals surface area contributed by atoms with Gasteiger partial charge >= 0.3 is 0 Å². The highest BCUT2D eigenvalue weighted by Gasteiger charge is 2.18. The molecule has 0 radical (unpaired) electrons. The quantitative estimate of drug-likeness (QED) is 0.460. The summed E-state index contributed by atoms with van der Waals surface area (Å²) < 4.78 is 2.63. The van der Waals surface area contributed by atoms with Gasteiger partial charge in [-0.05, 0) is 47.7 Å². The molecule has 0 amide bonds. The lowest BCUT2D eigenvalue weighted by Crippen LogP contribution is -2.11. The molecule has 0 aliphatic rings. The van der Waals surface area contributed by atoms with Crippen LogP contribution >= 0.6 is 15.9 Å². The smallest absolute Gasteiger partial charge is 0.262 e. The van der Waals surface area contributed by atoms with Crippen LogP contribution in [0.25, 0.3) is 33.2 Å². The molecule has 0 fully saturated rings. The lowest BCUT2D eigenvalue weighted by Gasteiger charge is -2.07. The van der Waals surface area contributed by atoms with E-state index in [0.29, 0.717) is 11.4 Å². The van der Waals surface area contributed by atoms with Gasteiger partial charge in [0.1, 0.15) is 0 Å². The van der Waals surface area contributed by atoms with E-state index in [1.54, 1.807) is 4.57 Å². The zero-order valence-electron chi connectivity index (χ0n) is 13.9. The highest BCUT2D eigenvalue weighted by Crippen LogP contribution is 2.32. The van der Waals surface area contributed by atoms with Gasteiger partial charge in [-0.2, -0.15) is 5.21 Å². The number of rotatable bonds is 2. The molecule has 130 valence electrons. The van der Waals surface area contributed by atoms with E-state index >= 15 is 0 Å². The Morgan fingerprint density at radius 1 is 0.926 bits per heavy atom. The van der Waals surface area contributed by atoms with Crippen LogP contribution in [0.3, 0.4) is 0 Å². The zero-order valence-corrected chi connectivity index (χ0v) is 15.5. The fourth-order valence-electron chi connectivity index (χ4n) is 3.37. The summed E-state index contributed by atoms with van der Waals surface area (Å²) in [5, 5.41) is 16.2. The van der Waals surface area contributed by atoms with Gasteiger partial charge in [0.2, 0.25) is 5.82 Å². The minimum absolute atomic E-state index is 0.0742. The molecular formula is C20H12BrN5O. The maximum Gasteiger partial charge on any atom is 0.262 e. The summed E-state index contributed by atoms with van der Waals surface area (Å²) in [5.41, 5.74) is 3.17. The molecular weight excluding hydrogens is 406 g/mol. The number of H-pyrrole nitrogens is 1. The van der Waals surface area contributed by atoms with Gasteiger partial charge in [-0.15, -0.1) is 10.2 Å². The number of fused-ring (bicyclic) bond motifs is 3. The standard InChI is InChI=1S/C20H12BrN5O/c21-14-5-3-4-13(10-14)20(27)26-17-7-2-1-6-15(17)16-11-12(8-9-18(16)26)19-22-24-25-23-19/h1-11H,(H,22,23,24,25). The highest BCUT2D eigenvalue weighted by molar-refractivity contribution is 9.10. The van der Waals surface area contributed by atoms with Gasteiger partial charge in [-0.25, -0.2) is 0 Å². The van der Waals surface area contributed by atoms with E-state index in [4.69, 9.17) is 0 Å². The molecule has 3 aromatic carbocycles. The number of aromatic amines is 1. The summed E-state index contributed by atoms with van der Waals surface area (Å²) in [6.07, 6.45) is 0. The van der Waals surface area contributed by atoms with E-state index < -0.39 is 0 Å². The predicted molar refractivity (Wildman–Crippen MR) is 106 cm³/mol. The number of nitrogens with zero attached hydrogens (tertiary/aromatic N) is 4. The Balaban J connectivity index is 1.80. The molecule has 0 spiro atoms. The second-order valence-electron chi connectivity index (χ2n) is 6.14. The Morgan fingerprint density at radius 2 is 1.78 bits per heavy atom. The number of aromatic nitrogens is 5. The number of tetrazole rings is 1. The predicted octanol–water partition coefficient (Wildman–Crippen LogP) is 4.43. The Morgan fingerprint density at radius 3 is 2.59 bits per heavy atom. The Kier molecular flexibility index (Phi) is 3.61. The Hall–Kier alpha value is -3.32. The van der Waals surface area contributed by atoms with Crippen LogP contribution in [0.4, 0.5) is 0 Å². The molecule has 0 saturated carbocycles. The number of hydrogen-bond donors (Lipinski definition) is 1. The number of halogens is 1. The van der Waals surface area contributed by atoms with Crippen molar-refractivity contribution in [2.45, 2.75) is 0 Å². The normalized spacial score (nSPS) is 11.3. The minimum atomic E-state index is -0.0742. The van der Waals surface area contributed by atoms with Crippen molar-refractivity contribution in [1.82, 2.24) is 25.2 Å². The summed E-state index contributed by atoms with van der Waals surface area (Å²) >= 11 is 3.44. The first-order valence-corrected chi connectivity index (χ1v) is 9.09. The Bertz CT molecular complexity index is 1310. The first-order valence-electron chi connectivity index (χ1n) is 8.30.